The molecule has 2 saturated heterocycles. The Hall–Kier alpha value is -5.41. The number of hydrogen-bond donors (Lipinski definition) is 3. The van der Waals surface area contributed by atoms with E-state index in [4.69, 9.17) is 14.5 Å². The summed E-state index contributed by atoms with van der Waals surface area (Å²) in [4.78, 5) is 58.8. The summed E-state index contributed by atoms with van der Waals surface area (Å²) in [6.07, 6.45) is 8.02. The number of aromatic nitrogens is 2. The lowest BCUT2D eigenvalue weighted by Crippen LogP contribution is -2.58. The second-order valence-electron chi connectivity index (χ2n) is 19.7. The van der Waals surface area contributed by atoms with E-state index >= 15 is 0 Å². The molecule has 2 aromatic carbocycles. The van der Waals surface area contributed by atoms with Crippen molar-refractivity contribution in [3.63, 3.8) is 0 Å². The minimum atomic E-state index is -0.826. The van der Waals surface area contributed by atoms with Gasteiger partial charge in [-0.25, -0.2) is 5.43 Å². The van der Waals surface area contributed by atoms with Gasteiger partial charge in [-0.2, -0.15) is 0 Å². The van der Waals surface area contributed by atoms with Crippen molar-refractivity contribution in [3.05, 3.63) is 89.3 Å². The number of ether oxygens (including phenoxy) is 2. The number of likely N-dealkylation sites (tertiary alicyclic amines) is 1. The van der Waals surface area contributed by atoms with Gasteiger partial charge in [-0.15, -0.1) is 0 Å². The Morgan fingerprint density at radius 2 is 1.72 bits per heavy atom. The number of carbonyl (C=O) groups excluding carboxylic acids is 4. The first-order valence-electron chi connectivity index (χ1n) is 24.6. The molecule has 2 fully saturated rings. The van der Waals surface area contributed by atoms with Gasteiger partial charge in [-0.1, -0.05) is 64.6 Å². The quantitative estimate of drug-likeness (QED) is 0.0707. The number of carbonyl (C=O) groups is 4. The lowest BCUT2D eigenvalue weighted by Gasteiger charge is -2.33. The summed E-state index contributed by atoms with van der Waals surface area (Å²) in [5, 5.41) is 9.35. The molecule has 3 aliphatic rings. The number of aryl methyl sites for hydroxylation is 1. The number of pyridine rings is 1. The third-order valence-electron chi connectivity index (χ3n) is 13.5. The van der Waals surface area contributed by atoms with Gasteiger partial charge in [0.25, 0.3) is 5.91 Å². The molecule has 3 unspecified atom stereocenters. The zero-order chi connectivity index (χ0) is 49.1. The van der Waals surface area contributed by atoms with Gasteiger partial charge in [0, 0.05) is 83.4 Å². The summed E-state index contributed by atoms with van der Waals surface area (Å²) >= 11 is 0. The smallest absolute Gasteiger partial charge is 0.259 e. The van der Waals surface area contributed by atoms with Crippen LogP contribution >= 0.6 is 0 Å². The first-order valence-corrected chi connectivity index (χ1v) is 24.6. The van der Waals surface area contributed by atoms with Crippen LogP contribution in [0, 0.1) is 11.3 Å². The van der Waals surface area contributed by atoms with Crippen LogP contribution in [0.1, 0.15) is 101 Å². The molecule has 3 atom stereocenters. The van der Waals surface area contributed by atoms with E-state index in [1.165, 1.54) is 33.2 Å². The van der Waals surface area contributed by atoms with Crippen molar-refractivity contribution in [2.24, 2.45) is 11.3 Å². The molecule has 7 rings (SSSR count). The first-order chi connectivity index (χ1) is 32.6. The molecule has 14 nitrogen and oxygen atoms in total. The van der Waals surface area contributed by atoms with Crippen LogP contribution in [0.25, 0.3) is 33.3 Å². The topological polar surface area (TPSA) is 150 Å². The first kappa shape index (κ1) is 52.0. The molecule has 0 radical (unpaired) electrons. The Labute approximate surface area is 404 Å². The molecule has 0 bridgehead atoms. The third kappa shape index (κ3) is 12.2. The number of methoxy groups -OCH3 is 2. The Morgan fingerprint density at radius 1 is 0.985 bits per heavy atom. The number of amides is 4. The molecule has 0 spiro atoms. The Bertz CT molecular complexity index is 2400. The standard InChI is InChI=1S/C47H65N7O5.C7H11NO/c1-10-53-41-17-16-34(24-36(41)38(26-47(5,6)28-58-8)44(53)37-25-35-18-20-48-27-40(35)50-42(37)31(4)59-9)33-15-13-14-32(22-33)23-39(46(57)54-21-12-11-19-49-54)51-45(56)43(30(2)3)52(7)29-55;1-2-7(9)8-5-3-4-6-8/h13-17,22,24-25,29-31,39,43,48-49H,10-12,18-21,23,26-28H2,1-9H3,(H,51,56);2H,1,3-6H2. The molecular formula is C54H76N8O6. The number of nitrogens with one attached hydrogen (secondary N) is 3. The van der Waals surface area contributed by atoms with E-state index in [0.29, 0.717) is 32.5 Å². The lowest BCUT2D eigenvalue weighted by molar-refractivity contribution is -0.142. The van der Waals surface area contributed by atoms with Crippen LogP contribution in [0.15, 0.2) is 61.2 Å². The largest absolute Gasteiger partial charge is 0.384 e. The number of hydrazine groups is 1. The molecule has 4 aromatic rings. The summed E-state index contributed by atoms with van der Waals surface area (Å²) in [6, 6.07) is 15.8. The van der Waals surface area contributed by atoms with Crippen LogP contribution in [0.3, 0.4) is 0 Å². The van der Waals surface area contributed by atoms with Gasteiger partial charge in [-0.05, 0) is 122 Å². The Balaban J connectivity index is 0.000000757. The summed E-state index contributed by atoms with van der Waals surface area (Å²) in [5.74, 6) is -0.600. The highest BCUT2D eigenvalue weighted by molar-refractivity contribution is 5.96. The van der Waals surface area contributed by atoms with E-state index in [9.17, 15) is 19.2 Å². The highest BCUT2D eigenvalue weighted by Gasteiger charge is 2.34. The molecule has 0 aliphatic carbocycles. The zero-order valence-electron chi connectivity index (χ0n) is 42.1. The summed E-state index contributed by atoms with van der Waals surface area (Å²) < 4.78 is 14.2. The maximum Gasteiger partial charge on any atom is 0.259 e. The van der Waals surface area contributed by atoms with Gasteiger partial charge >= 0.3 is 0 Å². The average molecular weight is 933 g/mol. The van der Waals surface area contributed by atoms with Crippen LogP contribution in [0.2, 0.25) is 0 Å². The van der Waals surface area contributed by atoms with E-state index in [1.807, 2.05) is 30.9 Å². The van der Waals surface area contributed by atoms with Crippen molar-refractivity contribution in [2.75, 3.05) is 60.6 Å². The molecule has 14 heteroatoms. The van der Waals surface area contributed by atoms with Crippen LogP contribution in [-0.2, 0) is 61.0 Å². The highest BCUT2D eigenvalue weighted by atomic mass is 16.5. The molecular weight excluding hydrogens is 857 g/mol. The van der Waals surface area contributed by atoms with E-state index < -0.39 is 12.1 Å². The maximum atomic E-state index is 14.1. The zero-order valence-corrected chi connectivity index (χ0v) is 42.1. The summed E-state index contributed by atoms with van der Waals surface area (Å²) in [6.45, 7) is 22.2. The van der Waals surface area contributed by atoms with Gasteiger partial charge < -0.3 is 34.5 Å². The van der Waals surface area contributed by atoms with Crippen LogP contribution in [-0.4, -0.2) is 121 Å². The van der Waals surface area contributed by atoms with Crippen molar-refractivity contribution in [1.82, 2.24) is 40.4 Å². The minimum absolute atomic E-state index is 0.0764. The van der Waals surface area contributed by atoms with Crippen LogP contribution in [0.5, 0.6) is 0 Å². The van der Waals surface area contributed by atoms with E-state index in [1.54, 1.807) is 26.3 Å². The fourth-order valence-corrected chi connectivity index (χ4v) is 10.1. The van der Waals surface area contributed by atoms with Crippen molar-refractivity contribution < 1.29 is 28.7 Å². The molecule has 368 valence electrons. The van der Waals surface area contributed by atoms with Gasteiger partial charge in [0.05, 0.1) is 29.8 Å². The second-order valence-corrected chi connectivity index (χ2v) is 19.7. The van der Waals surface area contributed by atoms with E-state index in [2.05, 4.69) is 91.3 Å². The number of fused-ring (bicyclic) bond motifs is 2. The predicted molar refractivity (Wildman–Crippen MR) is 270 cm³/mol. The second kappa shape index (κ2) is 23.7. The van der Waals surface area contributed by atoms with E-state index in [0.717, 1.165) is 110 Å². The lowest BCUT2D eigenvalue weighted by atomic mass is 9.83. The van der Waals surface area contributed by atoms with Gasteiger partial charge in [0.15, 0.2) is 0 Å². The van der Waals surface area contributed by atoms with Crippen molar-refractivity contribution in [2.45, 2.75) is 118 Å². The Morgan fingerprint density at radius 3 is 2.37 bits per heavy atom. The van der Waals surface area contributed by atoms with Crippen LogP contribution in [0.4, 0.5) is 0 Å². The SMILES string of the molecule is C=CC(=O)N1CCCC1.CCn1c(-c2cc3c(nc2C(C)OC)CNCC3)c(CC(C)(C)COC)c2cc(-c3cccc(CC(NC(=O)C(C(C)C)N(C)C=O)C(=O)N4CCCCN4)c3)ccc21. The molecule has 3 aliphatic heterocycles. The summed E-state index contributed by atoms with van der Waals surface area (Å²) in [5.41, 5.74) is 14.1. The highest BCUT2D eigenvalue weighted by Crippen LogP contribution is 2.42. The molecule has 2 aromatic heterocycles. The molecule has 68 heavy (non-hydrogen) atoms. The number of likely N-dealkylation sites (N-methyl/N-ethyl adjacent to an activating group) is 1. The monoisotopic (exact) mass is 933 g/mol. The number of nitrogens with zero attached hydrogens (tertiary/aromatic N) is 5. The van der Waals surface area contributed by atoms with E-state index in [-0.39, 0.29) is 35.2 Å². The number of benzene rings is 2. The molecule has 4 amide bonds. The van der Waals surface area contributed by atoms with Crippen LogP contribution < -0.4 is 16.1 Å². The molecule has 0 saturated carbocycles. The molecule has 5 heterocycles. The maximum absolute atomic E-state index is 14.1. The van der Waals surface area contributed by atoms with Gasteiger partial charge in [-0.3, -0.25) is 29.2 Å². The van der Waals surface area contributed by atoms with Crippen molar-refractivity contribution in [3.8, 4) is 22.4 Å². The average Bonchev–Trinajstić information content (AvgIpc) is 3.99. The Kier molecular flexibility index (Phi) is 18.1. The normalized spacial score (nSPS) is 16.4. The summed E-state index contributed by atoms with van der Waals surface area (Å²) in [7, 11) is 5.11. The van der Waals surface area contributed by atoms with Crippen molar-refractivity contribution in [1.29, 1.82) is 0 Å². The fraction of sp³-hybridized carbons (Fsp3) is 0.537. The predicted octanol–water partition coefficient (Wildman–Crippen LogP) is 7.02. The van der Waals surface area contributed by atoms with Gasteiger partial charge in [0.2, 0.25) is 18.2 Å². The molecule has 3 N–H and O–H groups in total. The van der Waals surface area contributed by atoms with Gasteiger partial charge in [0.1, 0.15) is 12.1 Å². The third-order valence-corrected chi connectivity index (χ3v) is 13.5. The van der Waals surface area contributed by atoms with Crippen molar-refractivity contribution >= 4 is 35.0 Å². The number of hydrogen-bond acceptors (Lipinski definition) is 9. The minimum Gasteiger partial charge on any atom is -0.384 e. The number of rotatable bonds is 18. The fourth-order valence-electron chi connectivity index (χ4n) is 10.1.